The molecule has 1 fully saturated rings. The van der Waals surface area contributed by atoms with Crippen LogP contribution in [0.3, 0.4) is 0 Å². The Hall–Kier alpha value is -2.78. The van der Waals surface area contributed by atoms with Crippen molar-refractivity contribution >= 4 is 23.7 Å². The third-order valence-electron chi connectivity index (χ3n) is 4.92. The zero-order valence-corrected chi connectivity index (χ0v) is 18.2. The number of ether oxygens (including phenoxy) is 2. The number of amides is 1. The molecule has 0 radical (unpaired) electrons. The van der Waals surface area contributed by atoms with Gasteiger partial charge in [-0.2, -0.15) is 13.2 Å². The number of benzene rings is 1. The number of carbonyl (C=O) groups is 2. The van der Waals surface area contributed by atoms with E-state index in [0.29, 0.717) is 18.1 Å². The van der Waals surface area contributed by atoms with E-state index in [1.165, 1.54) is 0 Å². The molecule has 0 aromatic heterocycles. The number of nitrogens with zero attached hydrogens (tertiary/aromatic N) is 2. The molecule has 32 heavy (non-hydrogen) atoms. The number of hydrogen-bond donors (Lipinski definition) is 0. The van der Waals surface area contributed by atoms with Crippen LogP contribution in [0.15, 0.2) is 61.2 Å². The van der Waals surface area contributed by atoms with Crippen molar-refractivity contribution in [1.29, 1.82) is 0 Å². The number of carbonyl (C=O) groups excluding carboxylic acids is 2. The summed E-state index contributed by atoms with van der Waals surface area (Å²) in [5.74, 6) is -1.68. The monoisotopic (exact) mass is 472 g/mol. The third kappa shape index (κ3) is 6.37. The summed E-state index contributed by atoms with van der Waals surface area (Å²) in [6.45, 7) is 8.49. The zero-order valence-electron chi connectivity index (χ0n) is 17.5. The first kappa shape index (κ1) is 25.5. The second kappa shape index (κ2) is 11.2. The number of piperazine rings is 1. The summed E-state index contributed by atoms with van der Waals surface area (Å²) in [6, 6.07) is 7.04. The number of methoxy groups -OCH3 is 1. The van der Waals surface area contributed by atoms with E-state index in [4.69, 9.17) is 11.6 Å². The highest BCUT2D eigenvalue weighted by molar-refractivity contribution is 6.30. The van der Waals surface area contributed by atoms with Crippen molar-refractivity contribution in [3.8, 4) is 0 Å². The number of halogens is 4. The molecule has 1 aromatic rings. The van der Waals surface area contributed by atoms with Crippen molar-refractivity contribution in [2.75, 3.05) is 33.3 Å². The van der Waals surface area contributed by atoms with Crippen LogP contribution in [0.25, 0.3) is 0 Å². The third-order valence-corrected chi connectivity index (χ3v) is 5.17. The van der Waals surface area contributed by atoms with Gasteiger partial charge in [-0.15, -0.1) is 0 Å². The largest absolute Gasteiger partial charge is 0.466 e. The molecule has 1 amide bonds. The molecule has 1 aliphatic rings. The maximum absolute atomic E-state index is 13.0. The van der Waals surface area contributed by atoms with Crippen LogP contribution < -0.4 is 0 Å². The molecule has 10 heteroatoms. The van der Waals surface area contributed by atoms with Crippen LogP contribution in [-0.2, 0) is 14.3 Å². The molecule has 1 heterocycles. The Morgan fingerprint density at radius 2 is 1.72 bits per heavy atom. The van der Waals surface area contributed by atoms with E-state index in [-0.39, 0.29) is 19.1 Å². The van der Waals surface area contributed by atoms with E-state index in [9.17, 15) is 22.8 Å². The van der Waals surface area contributed by atoms with Crippen molar-refractivity contribution in [3.63, 3.8) is 0 Å². The molecule has 0 spiro atoms. The molecule has 0 saturated carbocycles. The number of rotatable bonds is 7. The lowest BCUT2D eigenvalue weighted by Gasteiger charge is -2.40. The van der Waals surface area contributed by atoms with Gasteiger partial charge in [0.05, 0.1) is 13.2 Å². The van der Waals surface area contributed by atoms with Crippen molar-refractivity contribution in [1.82, 2.24) is 9.80 Å². The maximum Gasteiger partial charge on any atom is 0.436 e. The fraction of sp³-hybridized carbons (Fsp3) is 0.364. The summed E-state index contributed by atoms with van der Waals surface area (Å²) in [7, 11) is 0.790. The lowest BCUT2D eigenvalue weighted by atomic mass is 9.95. The van der Waals surface area contributed by atoms with E-state index in [1.54, 1.807) is 24.3 Å². The maximum atomic E-state index is 13.0. The van der Waals surface area contributed by atoms with E-state index < -0.39 is 24.3 Å². The molecule has 0 bridgehead atoms. The standard InChI is InChI=1S/C22H24ClF3N2O4/c1-4-6-15(5-2)18(16-7-9-17(23)10-8-16)27-11-13-28(14-12-27)21(30)32-19(20(29)31-3)22(24,25)26/h4-10,18-19H,1-2,11-14H2,3H3. The molecule has 2 unspecified atom stereocenters. The number of allylic oxidation sites excluding steroid dienone is 2. The Labute approximate surface area is 189 Å². The van der Waals surface area contributed by atoms with Crippen LogP contribution in [-0.4, -0.2) is 67.4 Å². The average molecular weight is 473 g/mol. The second-order valence-corrected chi connectivity index (χ2v) is 7.35. The van der Waals surface area contributed by atoms with Crippen LogP contribution in [0, 0.1) is 0 Å². The Morgan fingerprint density at radius 3 is 2.19 bits per heavy atom. The highest BCUT2D eigenvalue weighted by atomic mass is 35.5. The summed E-state index contributed by atoms with van der Waals surface area (Å²) in [6.07, 6.45) is -4.12. The fourth-order valence-electron chi connectivity index (χ4n) is 3.36. The number of esters is 1. The molecule has 0 N–H and O–H groups in total. The first-order valence-electron chi connectivity index (χ1n) is 9.67. The van der Waals surface area contributed by atoms with Gasteiger partial charge in [0, 0.05) is 31.2 Å². The van der Waals surface area contributed by atoms with E-state index in [1.807, 2.05) is 18.2 Å². The van der Waals surface area contributed by atoms with Gasteiger partial charge in [-0.1, -0.05) is 55.1 Å². The van der Waals surface area contributed by atoms with Crippen molar-refractivity contribution < 1.29 is 32.2 Å². The van der Waals surface area contributed by atoms with Gasteiger partial charge in [0.2, 0.25) is 0 Å². The van der Waals surface area contributed by atoms with Crippen molar-refractivity contribution in [3.05, 3.63) is 71.8 Å². The van der Waals surface area contributed by atoms with Gasteiger partial charge < -0.3 is 14.4 Å². The molecule has 2 atom stereocenters. The summed E-state index contributed by atoms with van der Waals surface area (Å²) in [4.78, 5) is 26.9. The predicted molar refractivity (Wildman–Crippen MR) is 114 cm³/mol. The lowest BCUT2D eigenvalue weighted by Crippen LogP contribution is -2.52. The molecular weight excluding hydrogens is 449 g/mol. The van der Waals surface area contributed by atoms with Crippen molar-refractivity contribution in [2.45, 2.75) is 18.3 Å². The molecule has 174 valence electrons. The minimum atomic E-state index is -5.07. The molecule has 1 saturated heterocycles. The lowest BCUT2D eigenvalue weighted by molar-refractivity contribution is -0.217. The highest BCUT2D eigenvalue weighted by Crippen LogP contribution is 2.31. The Kier molecular flexibility index (Phi) is 8.91. The summed E-state index contributed by atoms with van der Waals surface area (Å²) >= 11 is 6.00. The molecule has 0 aliphatic carbocycles. The first-order chi connectivity index (χ1) is 15.1. The molecule has 1 aliphatic heterocycles. The van der Waals surface area contributed by atoms with Gasteiger partial charge in [-0.3, -0.25) is 4.90 Å². The van der Waals surface area contributed by atoms with Gasteiger partial charge in [-0.05, 0) is 23.3 Å². The van der Waals surface area contributed by atoms with Crippen LogP contribution in [0.1, 0.15) is 11.6 Å². The topological polar surface area (TPSA) is 59.1 Å². The second-order valence-electron chi connectivity index (χ2n) is 6.91. The van der Waals surface area contributed by atoms with Gasteiger partial charge >= 0.3 is 18.2 Å². The van der Waals surface area contributed by atoms with Crippen LogP contribution in [0.4, 0.5) is 18.0 Å². The predicted octanol–water partition coefficient (Wildman–Crippen LogP) is 4.54. The van der Waals surface area contributed by atoms with Crippen LogP contribution in [0.5, 0.6) is 0 Å². The SMILES string of the molecule is C=CC=C(C=C)C(c1ccc(Cl)cc1)N1CCN(C(=O)OC(C(=O)OC)C(F)(F)F)CC1. The van der Waals surface area contributed by atoms with E-state index in [2.05, 4.69) is 27.5 Å². The van der Waals surface area contributed by atoms with Crippen LogP contribution >= 0.6 is 11.6 Å². The van der Waals surface area contributed by atoms with Gasteiger partial charge in [-0.25, -0.2) is 9.59 Å². The molecule has 1 aromatic carbocycles. The minimum Gasteiger partial charge on any atom is -0.466 e. The summed E-state index contributed by atoms with van der Waals surface area (Å²) in [5, 5.41) is 0.581. The number of alkyl halides is 3. The zero-order chi connectivity index (χ0) is 23.9. The normalized spacial score (nSPS) is 17.3. The first-order valence-corrected chi connectivity index (χ1v) is 10.0. The average Bonchev–Trinajstić information content (AvgIpc) is 2.77. The fourth-order valence-corrected chi connectivity index (χ4v) is 3.49. The molecular formula is C22H24ClF3N2O4. The van der Waals surface area contributed by atoms with Gasteiger partial charge in [0.25, 0.3) is 6.10 Å². The quantitative estimate of drug-likeness (QED) is 0.431. The van der Waals surface area contributed by atoms with Gasteiger partial charge in [0.1, 0.15) is 0 Å². The highest BCUT2D eigenvalue weighted by Gasteiger charge is 2.50. The van der Waals surface area contributed by atoms with E-state index >= 15 is 0 Å². The summed E-state index contributed by atoms with van der Waals surface area (Å²) < 4.78 is 47.6. The molecule has 2 rings (SSSR count). The van der Waals surface area contributed by atoms with E-state index in [0.717, 1.165) is 23.1 Å². The minimum absolute atomic E-state index is 0.104. The smallest absolute Gasteiger partial charge is 0.436 e. The Morgan fingerprint density at radius 1 is 1.12 bits per heavy atom. The molecule has 6 nitrogen and oxygen atoms in total. The van der Waals surface area contributed by atoms with Crippen molar-refractivity contribution in [2.24, 2.45) is 0 Å². The van der Waals surface area contributed by atoms with Gasteiger partial charge in [0.15, 0.2) is 0 Å². The van der Waals surface area contributed by atoms with Crippen LogP contribution in [0.2, 0.25) is 5.02 Å². The summed E-state index contributed by atoms with van der Waals surface area (Å²) in [5.41, 5.74) is 1.79. The Bertz CT molecular complexity index is 863. The Balaban J connectivity index is 2.15. The number of hydrogen-bond acceptors (Lipinski definition) is 5.